The van der Waals surface area contributed by atoms with Gasteiger partial charge in [0.15, 0.2) is 0 Å². The lowest BCUT2D eigenvalue weighted by Crippen LogP contribution is -2.42. The standard InChI is InChI=1S/C22H27NO7/c1-14(2)28-19(24)10-11-20(25)30-17-12-18(22(27)29-15(3)4)23(13-17)21(26)16-8-6-5-7-9-16/h5-11,14-15,17-18H,12-13H2,1-4H3/b11-10+/t17-,18+/m1/s1. The zero-order valence-corrected chi connectivity index (χ0v) is 17.6. The predicted octanol–water partition coefficient (Wildman–Crippen LogP) is 2.27. The minimum absolute atomic E-state index is 0.0433. The molecule has 0 aliphatic carbocycles. The third-order valence-electron chi connectivity index (χ3n) is 4.16. The molecule has 1 aliphatic heterocycles. The van der Waals surface area contributed by atoms with E-state index < -0.39 is 30.1 Å². The number of ether oxygens (including phenoxy) is 3. The Balaban J connectivity index is 2.09. The molecule has 162 valence electrons. The van der Waals surface area contributed by atoms with Crippen LogP contribution in [0.25, 0.3) is 0 Å². The molecular formula is C22H27NO7. The normalized spacial score (nSPS) is 18.7. The van der Waals surface area contributed by atoms with Gasteiger partial charge in [-0.15, -0.1) is 0 Å². The van der Waals surface area contributed by atoms with Crippen LogP contribution in [0.3, 0.4) is 0 Å². The van der Waals surface area contributed by atoms with Gasteiger partial charge in [0.25, 0.3) is 5.91 Å². The maximum atomic E-state index is 12.9. The lowest BCUT2D eigenvalue weighted by molar-refractivity contribution is -0.152. The Morgan fingerprint density at radius 1 is 0.933 bits per heavy atom. The van der Waals surface area contributed by atoms with Gasteiger partial charge >= 0.3 is 17.9 Å². The summed E-state index contributed by atoms with van der Waals surface area (Å²) >= 11 is 0. The predicted molar refractivity (Wildman–Crippen MR) is 107 cm³/mol. The summed E-state index contributed by atoms with van der Waals surface area (Å²) in [6.07, 6.45) is 0.699. The highest BCUT2D eigenvalue weighted by Gasteiger charge is 2.42. The number of hydrogen-bond donors (Lipinski definition) is 0. The number of carbonyl (C=O) groups is 4. The van der Waals surface area contributed by atoms with Crippen LogP contribution in [0.5, 0.6) is 0 Å². The number of amides is 1. The smallest absolute Gasteiger partial charge is 0.331 e. The topological polar surface area (TPSA) is 99.2 Å². The van der Waals surface area contributed by atoms with Crippen molar-refractivity contribution in [2.75, 3.05) is 6.54 Å². The van der Waals surface area contributed by atoms with Crippen molar-refractivity contribution < 1.29 is 33.4 Å². The Morgan fingerprint density at radius 3 is 2.13 bits per heavy atom. The Kier molecular flexibility index (Phi) is 8.15. The van der Waals surface area contributed by atoms with Gasteiger partial charge in [-0.05, 0) is 39.8 Å². The van der Waals surface area contributed by atoms with Crippen LogP contribution in [0.2, 0.25) is 0 Å². The maximum Gasteiger partial charge on any atom is 0.331 e. The molecule has 0 aromatic heterocycles. The lowest BCUT2D eigenvalue weighted by Gasteiger charge is -2.23. The van der Waals surface area contributed by atoms with E-state index in [0.717, 1.165) is 12.2 Å². The first-order valence-corrected chi connectivity index (χ1v) is 9.83. The summed E-state index contributed by atoms with van der Waals surface area (Å²) in [4.78, 5) is 50.3. The highest BCUT2D eigenvalue weighted by molar-refractivity contribution is 5.97. The molecule has 0 N–H and O–H groups in total. The van der Waals surface area contributed by atoms with Gasteiger partial charge in [-0.1, -0.05) is 18.2 Å². The Bertz CT molecular complexity index is 801. The van der Waals surface area contributed by atoms with Crippen molar-refractivity contribution in [3.05, 3.63) is 48.0 Å². The van der Waals surface area contributed by atoms with Crippen LogP contribution in [0.15, 0.2) is 42.5 Å². The minimum atomic E-state index is -0.868. The second-order valence-electron chi connectivity index (χ2n) is 7.44. The first-order valence-electron chi connectivity index (χ1n) is 9.83. The molecule has 1 fully saturated rings. The van der Waals surface area contributed by atoms with E-state index in [4.69, 9.17) is 14.2 Å². The molecule has 1 aliphatic rings. The highest BCUT2D eigenvalue weighted by Crippen LogP contribution is 2.24. The summed E-state index contributed by atoms with van der Waals surface area (Å²) in [5, 5.41) is 0. The van der Waals surface area contributed by atoms with Crippen molar-refractivity contribution in [2.24, 2.45) is 0 Å². The Morgan fingerprint density at radius 2 is 1.53 bits per heavy atom. The van der Waals surface area contributed by atoms with E-state index >= 15 is 0 Å². The molecule has 1 amide bonds. The van der Waals surface area contributed by atoms with E-state index in [0.29, 0.717) is 5.56 Å². The molecule has 0 bridgehead atoms. The minimum Gasteiger partial charge on any atom is -0.461 e. The van der Waals surface area contributed by atoms with Gasteiger partial charge in [0.2, 0.25) is 0 Å². The molecule has 0 saturated carbocycles. The molecule has 2 atom stereocenters. The molecule has 1 aromatic rings. The van der Waals surface area contributed by atoms with Crippen molar-refractivity contribution in [3.8, 4) is 0 Å². The van der Waals surface area contributed by atoms with E-state index in [1.165, 1.54) is 4.90 Å². The SMILES string of the molecule is CC(C)OC(=O)/C=C/C(=O)O[C@@H]1C[C@@H](C(=O)OC(C)C)N(C(=O)c2ccccc2)C1. The van der Waals surface area contributed by atoms with Gasteiger partial charge in [-0.3, -0.25) is 4.79 Å². The van der Waals surface area contributed by atoms with Crippen LogP contribution in [0, 0.1) is 0 Å². The summed E-state index contributed by atoms with van der Waals surface area (Å²) in [5.74, 6) is -2.32. The fraction of sp³-hybridized carbons (Fsp3) is 0.455. The van der Waals surface area contributed by atoms with Crippen molar-refractivity contribution in [1.29, 1.82) is 0 Å². The molecule has 1 heterocycles. The number of carbonyl (C=O) groups excluding carboxylic acids is 4. The molecule has 8 nitrogen and oxygen atoms in total. The first kappa shape index (κ1) is 23.1. The fourth-order valence-corrected chi connectivity index (χ4v) is 3.00. The van der Waals surface area contributed by atoms with Gasteiger partial charge < -0.3 is 19.1 Å². The number of rotatable bonds is 7. The molecule has 1 aromatic carbocycles. The van der Waals surface area contributed by atoms with Crippen LogP contribution in [0.4, 0.5) is 0 Å². The number of esters is 3. The Labute approximate surface area is 175 Å². The molecule has 30 heavy (non-hydrogen) atoms. The zero-order chi connectivity index (χ0) is 22.3. The third kappa shape index (κ3) is 6.72. The van der Waals surface area contributed by atoms with Crippen LogP contribution in [-0.4, -0.2) is 59.6 Å². The quantitative estimate of drug-likeness (QED) is 0.381. The number of nitrogens with zero attached hydrogens (tertiary/aromatic N) is 1. The molecule has 2 rings (SSSR count). The third-order valence-corrected chi connectivity index (χ3v) is 4.16. The molecule has 0 spiro atoms. The first-order chi connectivity index (χ1) is 14.2. The van der Waals surface area contributed by atoms with Crippen molar-refractivity contribution >= 4 is 23.8 Å². The monoisotopic (exact) mass is 417 g/mol. The maximum absolute atomic E-state index is 12.9. The fourth-order valence-electron chi connectivity index (χ4n) is 3.00. The van der Waals surface area contributed by atoms with Crippen molar-refractivity contribution in [1.82, 2.24) is 4.90 Å². The van der Waals surface area contributed by atoms with Crippen molar-refractivity contribution in [2.45, 2.75) is 58.5 Å². The van der Waals surface area contributed by atoms with Gasteiger partial charge in [0, 0.05) is 24.1 Å². The Hall–Kier alpha value is -3.16. The second kappa shape index (κ2) is 10.6. The number of benzene rings is 1. The van der Waals surface area contributed by atoms with E-state index in [1.807, 2.05) is 0 Å². The van der Waals surface area contributed by atoms with E-state index in [1.54, 1.807) is 58.0 Å². The van der Waals surface area contributed by atoms with Gasteiger partial charge in [0.05, 0.1) is 18.8 Å². The zero-order valence-electron chi connectivity index (χ0n) is 17.6. The molecular weight excluding hydrogens is 390 g/mol. The molecule has 0 radical (unpaired) electrons. The number of hydrogen-bond acceptors (Lipinski definition) is 7. The van der Waals surface area contributed by atoms with Crippen LogP contribution >= 0.6 is 0 Å². The lowest BCUT2D eigenvalue weighted by atomic mass is 10.1. The summed E-state index contributed by atoms with van der Waals surface area (Å²) in [6.45, 7) is 6.86. The van der Waals surface area contributed by atoms with E-state index in [9.17, 15) is 19.2 Å². The van der Waals surface area contributed by atoms with Crippen molar-refractivity contribution in [3.63, 3.8) is 0 Å². The van der Waals surface area contributed by atoms with Crippen LogP contribution in [0.1, 0.15) is 44.5 Å². The van der Waals surface area contributed by atoms with E-state index in [2.05, 4.69) is 0 Å². The van der Waals surface area contributed by atoms with Gasteiger partial charge in [-0.25, -0.2) is 14.4 Å². The molecule has 8 heteroatoms. The summed E-state index contributed by atoms with van der Waals surface area (Å²) < 4.78 is 15.5. The summed E-state index contributed by atoms with van der Waals surface area (Å²) in [6, 6.07) is 7.66. The summed E-state index contributed by atoms with van der Waals surface area (Å²) in [5.41, 5.74) is 0.420. The average Bonchev–Trinajstić information content (AvgIpc) is 3.09. The largest absolute Gasteiger partial charge is 0.461 e. The van der Waals surface area contributed by atoms with Gasteiger partial charge in [0.1, 0.15) is 12.1 Å². The molecule has 0 unspecified atom stereocenters. The average molecular weight is 417 g/mol. The molecule has 1 saturated heterocycles. The van der Waals surface area contributed by atoms with Crippen LogP contribution < -0.4 is 0 Å². The second-order valence-corrected chi connectivity index (χ2v) is 7.44. The number of likely N-dealkylation sites (tertiary alicyclic amines) is 1. The summed E-state index contributed by atoms with van der Waals surface area (Å²) in [7, 11) is 0. The van der Waals surface area contributed by atoms with Gasteiger partial charge in [-0.2, -0.15) is 0 Å². The highest BCUT2D eigenvalue weighted by atomic mass is 16.6. The van der Waals surface area contributed by atoms with E-state index in [-0.39, 0.29) is 31.1 Å². The van der Waals surface area contributed by atoms with Crippen LogP contribution in [-0.2, 0) is 28.6 Å².